The molecule has 1 aliphatic heterocycles. The first-order chi connectivity index (χ1) is 17.4. The summed E-state index contributed by atoms with van der Waals surface area (Å²) in [5.41, 5.74) is -2.63. The molecule has 10 nitrogen and oxygen atoms in total. The predicted octanol–water partition coefficient (Wildman–Crippen LogP) is 4.34. The number of halogens is 2. The monoisotopic (exact) mass is 579 g/mol. The third kappa shape index (κ3) is 7.08. The van der Waals surface area contributed by atoms with Crippen LogP contribution < -0.4 is 9.61 Å². The van der Waals surface area contributed by atoms with Crippen LogP contribution >= 0.6 is 32.2 Å². The molecule has 1 saturated heterocycles. The summed E-state index contributed by atoms with van der Waals surface area (Å²) in [5, 5.41) is 13.3. The topological polar surface area (TPSA) is 124 Å². The van der Waals surface area contributed by atoms with Gasteiger partial charge in [0.05, 0.1) is 12.7 Å². The minimum Gasteiger partial charge on any atom is -0.462 e. The molecule has 2 unspecified atom stereocenters. The number of para-hydroxylation sites is 1. The van der Waals surface area contributed by atoms with Crippen molar-refractivity contribution in [1.82, 2.24) is 14.6 Å². The van der Waals surface area contributed by atoms with Crippen LogP contribution in [0.5, 0.6) is 5.75 Å². The highest BCUT2D eigenvalue weighted by atomic mass is 32.1. The largest absolute Gasteiger partial charge is 0.462 e. The number of aromatic amines is 1. The molecule has 0 spiro atoms. The number of benzene rings is 1. The number of carbonyl (C=O) groups is 1. The molecule has 3 N–H and O–H groups in total. The van der Waals surface area contributed by atoms with Gasteiger partial charge in [-0.2, -0.15) is 5.09 Å². The van der Waals surface area contributed by atoms with E-state index in [0.717, 1.165) is 4.57 Å². The Morgan fingerprint density at radius 2 is 1.97 bits per heavy atom. The van der Waals surface area contributed by atoms with E-state index in [1.165, 1.54) is 31.3 Å². The highest BCUT2D eigenvalue weighted by molar-refractivity contribution is 7.72. The Kier molecular flexibility index (Phi) is 9.73. The number of ether oxygens (including phenoxy) is 2. The third-order valence-electron chi connectivity index (χ3n) is 5.29. The first-order valence-corrected chi connectivity index (χ1v) is 13.6. The zero-order valence-corrected chi connectivity index (χ0v) is 22.7. The lowest BCUT2D eigenvalue weighted by Crippen LogP contribution is -2.47. The Morgan fingerprint density at radius 3 is 2.57 bits per heavy atom. The summed E-state index contributed by atoms with van der Waals surface area (Å²) in [7, 11) is -4.35. The van der Waals surface area contributed by atoms with Crippen LogP contribution in [0.15, 0.2) is 42.6 Å². The number of aromatic nitrogens is 2. The van der Waals surface area contributed by atoms with Crippen LogP contribution in [0.25, 0.3) is 0 Å². The average molecular weight is 580 g/mol. The van der Waals surface area contributed by atoms with Gasteiger partial charge in [0.2, 0.25) is 0 Å². The molecular weight excluding hydrogens is 551 g/mol. The van der Waals surface area contributed by atoms with Crippen molar-refractivity contribution in [1.29, 1.82) is 0 Å². The molecule has 0 saturated carbocycles. The average Bonchev–Trinajstić information content (AvgIpc) is 3.08. The number of nitrogens with zero attached hydrogens (tertiary/aromatic N) is 1. The summed E-state index contributed by atoms with van der Waals surface area (Å²) >= 11 is 10.1. The quantitative estimate of drug-likeness (QED) is 0.201. The highest BCUT2D eigenvalue weighted by Crippen LogP contribution is 2.47. The molecule has 3 rings (SSSR count). The second kappa shape index (κ2) is 12.2. The van der Waals surface area contributed by atoms with Gasteiger partial charge in [-0.1, -0.05) is 30.4 Å². The Labute approximate surface area is 222 Å². The van der Waals surface area contributed by atoms with Crippen molar-refractivity contribution in [2.75, 3.05) is 13.3 Å². The van der Waals surface area contributed by atoms with E-state index in [0.29, 0.717) is 0 Å². The van der Waals surface area contributed by atoms with E-state index >= 15 is 4.39 Å². The normalized spacial score (nSPS) is 26.0. The van der Waals surface area contributed by atoms with E-state index in [9.17, 15) is 18.9 Å². The zero-order chi connectivity index (χ0) is 27.4. The van der Waals surface area contributed by atoms with Crippen molar-refractivity contribution >= 4 is 38.2 Å². The fourth-order valence-corrected chi connectivity index (χ4v) is 5.49. The Balaban J connectivity index is 1.83. The summed E-state index contributed by atoms with van der Waals surface area (Å²) in [6.07, 6.45) is -4.57. The molecular formula is C22H28F2N3O7PS2. The molecule has 1 fully saturated rings. The van der Waals surface area contributed by atoms with Crippen molar-refractivity contribution in [2.45, 2.75) is 57.0 Å². The van der Waals surface area contributed by atoms with Gasteiger partial charge < -0.3 is 24.1 Å². The first-order valence-electron chi connectivity index (χ1n) is 11.3. The van der Waals surface area contributed by atoms with Gasteiger partial charge in [-0.05, 0) is 51.2 Å². The first kappa shape index (κ1) is 29.5. The van der Waals surface area contributed by atoms with Crippen LogP contribution in [-0.4, -0.2) is 63.9 Å². The van der Waals surface area contributed by atoms with Gasteiger partial charge in [0.1, 0.15) is 29.2 Å². The lowest BCUT2D eigenvalue weighted by atomic mass is 9.97. The van der Waals surface area contributed by atoms with Crippen molar-refractivity contribution in [2.24, 2.45) is 0 Å². The van der Waals surface area contributed by atoms with Crippen molar-refractivity contribution in [3.63, 3.8) is 0 Å². The van der Waals surface area contributed by atoms with Crippen molar-refractivity contribution in [3.8, 4) is 5.75 Å². The molecule has 15 heteroatoms. The number of nitrogens with one attached hydrogen (secondary N) is 2. The van der Waals surface area contributed by atoms with Crippen molar-refractivity contribution < 1.29 is 41.8 Å². The summed E-state index contributed by atoms with van der Waals surface area (Å²) in [6.45, 7) is 2.43. The van der Waals surface area contributed by atoms with E-state index in [1.54, 1.807) is 32.0 Å². The summed E-state index contributed by atoms with van der Waals surface area (Å²) in [6, 6.07) is 8.21. The molecule has 0 amide bonds. The smallest absolute Gasteiger partial charge is 0.459 e. The number of carbonyl (C=O) groups excluding carboxylic acids is 1. The van der Waals surface area contributed by atoms with Crippen LogP contribution in [0.3, 0.4) is 0 Å². The standard InChI is InChI=1S/C22H28F2N3O7PS2/c1-13(2)32-19(28)14(3)26-35(30,34-15-7-5-4-6-8-15)31-11-16-18(24)22(29,12-23)20(33-16)27-10-9-17(36)25-21(27)37/h4-10,13-14,16,18,20,29H,11-12H2,1-3H3,(H,26,30)(H,25,36,37)/t14-,16+,18?,20+,22+,35?/m0/s1. The van der Waals surface area contributed by atoms with E-state index in [2.05, 4.69) is 10.1 Å². The SMILES string of the molecule is CC(C)OC(=O)[C@H](C)NP(=O)(OC[C@H]1O[C@@H](n2ccc(=S)[nH]c2=S)[C@@](O)(CF)C1F)Oc1ccccc1. The Bertz CT molecular complexity index is 1250. The van der Waals surface area contributed by atoms with Gasteiger partial charge >= 0.3 is 13.7 Å². The zero-order valence-electron chi connectivity index (χ0n) is 20.2. The number of hydrogen-bond acceptors (Lipinski definition) is 9. The van der Waals surface area contributed by atoms with E-state index in [1.807, 2.05) is 0 Å². The highest BCUT2D eigenvalue weighted by Gasteiger charge is 2.58. The fraction of sp³-hybridized carbons (Fsp3) is 0.500. The Morgan fingerprint density at radius 1 is 1.30 bits per heavy atom. The molecule has 204 valence electrons. The van der Waals surface area contributed by atoms with Gasteiger partial charge in [-0.25, -0.2) is 13.3 Å². The van der Waals surface area contributed by atoms with Gasteiger partial charge in [0.25, 0.3) is 0 Å². The van der Waals surface area contributed by atoms with Crippen LogP contribution in [-0.2, 0) is 23.4 Å². The fourth-order valence-electron chi connectivity index (χ4n) is 3.50. The molecule has 2 heterocycles. The molecule has 1 aliphatic rings. The number of H-pyrrole nitrogens is 1. The van der Waals surface area contributed by atoms with Gasteiger partial charge in [-0.3, -0.25) is 13.9 Å². The summed E-state index contributed by atoms with van der Waals surface area (Å²) in [4.78, 5) is 14.9. The minimum absolute atomic E-state index is 0.0321. The maximum Gasteiger partial charge on any atom is 0.459 e. The Hall–Kier alpha value is -2.06. The predicted molar refractivity (Wildman–Crippen MR) is 135 cm³/mol. The van der Waals surface area contributed by atoms with Crippen LogP contribution in [0.1, 0.15) is 27.0 Å². The second-order valence-electron chi connectivity index (χ2n) is 8.60. The second-order valence-corrected chi connectivity index (χ2v) is 11.1. The van der Waals surface area contributed by atoms with Gasteiger partial charge in [-0.15, -0.1) is 0 Å². The van der Waals surface area contributed by atoms with Crippen LogP contribution in [0, 0.1) is 9.41 Å². The lowest BCUT2D eigenvalue weighted by Gasteiger charge is -2.28. The lowest BCUT2D eigenvalue weighted by molar-refractivity contribution is -0.149. The number of aliphatic hydroxyl groups is 1. The number of alkyl halides is 2. The molecule has 37 heavy (non-hydrogen) atoms. The molecule has 6 atom stereocenters. The van der Waals surface area contributed by atoms with Gasteiger partial charge in [0, 0.05) is 6.20 Å². The number of esters is 1. The molecule has 1 aromatic heterocycles. The number of rotatable bonds is 11. The summed E-state index contributed by atoms with van der Waals surface area (Å²) in [5.74, 6) is -0.588. The molecule has 1 aromatic carbocycles. The third-order valence-corrected chi connectivity index (χ3v) is 7.48. The molecule has 0 aliphatic carbocycles. The van der Waals surface area contributed by atoms with Crippen LogP contribution in [0.2, 0.25) is 0 Å². The minimum atomic E-state index is -4.35. The van der Waals surface area contributed by atoms with E-state index in [4.69, 9.17) is 43.0 Å². The van der Waals surface area contributed by atoms with Crippen molar-refractivity contribution in [3.05, 3.63) is 52.0 Å². The molecule has 0 radical (unpaired) electrons. The number of hydrogen-bond donors (Lipinski definition) is 3. The maximum absolute atomic E-state index is 15.3. The summed E-state index contributed by atoms with van der Waals surface area (Å²) < 4.78 is 65.9. The van der Waals surface area contributed by atoms with Gasteiger partial charge in [0.15, 0.2) is 22.8 Å². The van der Waals surface area contributed by atoms with E-state index in [-0.39, 0.29) is 15.2 Å². The molecule has 2 aromatic rings. The van der Waals surface area contributed by atoms with Crippen LogP contribution in [0.4, 0.5) is 8.78 Å². The molecule has 0 bridgehead atoms. The maximum atomic E-state index is 15.3. The van der Waals surface area contributed by atoms with E-state index < -0.39 is 63.2 Å².